The Morgan fingerprint density at radius 1 is 1.03 bits per heavy atom. The standard InChI is InChI=1S/C23H25Cl2N3O3/c1-29-15-7-4-13(5-8-15)12-28-17-10-14(6-9-16(17)23(26)27-28)20-21(24)18(30-2)11-19(31-3)22(20)25/h4-5,7-8,11,14H,6,9-10,12H2,1-3H3,(H2,26,27). The highest BCUT2D eigenvalue weighted by Gasteiger charge is 2.31. The summed E-state index contributed by atoms with van der Waals surface area (Å²) in [5.74, 6) is 2.61. The van der Waals surface area contributed by atoms with Gasteiger partial charge in [-0.25, -0.2) is 0 Å². The molecular weight excluding hydrogens is 437 g/mol. The molecule has 2 aromatic carbocycles. The topological polar surface area (TPSA) is 71.5 Å². The first-order valence-electron chi connectivity index (χ1n) is 10.0. The van der Waals surface area contributed by atoms with Crippen LogP contribution in [-0.4, -0.2) is 31.1 Å². The maximum Gasteiger partial charge on any atom is 0.148 e. The van der Waals surface area contributed by atoms with E-state index in [1.54, 1.807) is 27.4 Å². The fraction of sp³-hybridized carbons (Fsp3) is 0.348. The third-order valence-corrected chi connectivity index (χ3v) is 6.67. The number of nitrogens with zero attached hydrogens (tertiary/aromatic N) is 2. The number of nitrogens with two attached hydrogens (primary N) is 1. The van der Waals surface area contributed by atoms with Crippen molar-refractivity contribution in [2.75, 3.05) is 27.1 Å². The van der Waals surface area contributed by atoms with Crippen molar-refractivity contribution in [3.63, 3.8) is 0 Å². The minimum absolute atomic E-state index is 0.0993. The molecule has 164 valence electrons. The highest BCUT2D eigenvalue weighted by molar-refractivity contribution is 6.38. The Kier molecular flexibility index (Phi) is 6.21. The zero-order valence-electron chi connectivity index (χ0n) is 17.7. The lowest BCUT2D eigenvalue weighted by atomic mass is 9.82. The molecule has 0 bridgehead atoms. The van der Waals surface area contributed by atoms with E-state index in [2.05, 4.69) is 5.10 Å². The van der Waals surface area contributed by atoms with Crippen LogP contribution < -0.4 is 19.9 Å². The molecule has 0 fully saturated rings. The summed E-state index contributed by atoms with van der Waals surface area (Å²) in [5, 5.41) is 5.67. The minimum Gasteiger partial charge on any atom is -0.497 e. The van der Waals surface area contributed by atoms with Crippen molar-refractivity contribution in [3.8, 4) is 17.2 Å². The van der Waals surface area contributed by atoms with Gasteiger partial charge in [0.25, 0.3) is 0 Å². The van der Waals surface area contributed by atoms with Crippen molar-refractivity contribution in [1.29, 1.82) is 0 Å². The maximum atomic E-state index is 6.68. The van der Waals surface area contributed by atoms with Gasteiger partial charge in [0.05, 0.1) is 37.9 Å². The van der Waals surface area contributed by atoms with E-state index in [0.717, 1.165) is 47.4 Å². The molecule has 8 heteroatoms. The molecule has 1 aromatic heterocycles. The fourth-order valence-corrected chi connectivity index (χ4v) is 5.06. The molecule has 1 unspecified atom stereocenters. The van der Waals surface area contributed by atoms with E-state index in [4.69, 9.17) is 43.1 Å². The molecule has 0 saturated heterocycles. The molecule has 1 aliphatic carbocycles. The third kappa shape index (κ3) is 4.02. The van der Waals surface area contributed by atoms with Gasteiger partial charge in [-0.2, -0.15) is 5.10 Å². The minimum atomic E-state index is 0.0993. The molecule has 6 nitrogen and oxygen atoms in total. The van der Waals surface area contributed by atoms with Gasteiger partial charge < -0.3 is 19.9 Å². The Balaban J connectivity index is 1.69. The first-order chi connectivity index (χ1) is 15.0. The number of benzene rings is 2. The number of nitrogen functional groups attached to an aromatic ring is 1. The molecule has 0 saturated carbocycles. The van der Waals surface area contributed by atoms with E-state index >= 15 is 0 Å². The summed E-state index contributed by atoms with van der Waals surface area (Å²) in [5.41, 5.74) is 10.4. The highest BCUT2D eigenvalue weighted by atomic mass is 35.5. The van der Waals surface area contributed by atoms with Crippen molar-refractivity contribution < 1.29 is 14.2 Å². The Morgan fingerprint density at radius 2 is 1.68 bits per heavy atom. The monoisotopic (exact) mass is 461 g/mol. The number of anilines is 1. The zero-order chi connectivity index (χ0) is 22.1. The lowest BCUT2D eigenvalue weighted by Gasteiger charge is -2.27. The summed E-state index contributed by atoms with van der Waals surface area (Å²) >= 11 is 13.4. The number of hydrogen-bond donors (Lipinski definition) is 1. The van der Waals surface area contributed by atoms with Gasteiger partial charge >= 0.3 is 0 Å². The highest BCUT2D eigenvalue weighted by Crippen LogP contribution is 2.47. The number of methoxy groups -OCH3 is 3. The van der Waals surface area contributed by atoms with Crippen molar-refractivity contribution in [2.24, 2.45) is 0 Å². The largest absolute Gasteiger partial charge is 0.497 e. The van der Waals surface area contributed by atoms with Crippen molar-refractivity contribution in [2.45, 2.75) is 31.7 Å². The summed E-state index contributed by atoms with van der Waals surface area (Å²) < 4.78 is 18.1. The fourth-order valence-electron chi connectivity index (χ4n) is 4.25. The van der Waals surface area contributed by atoms with Crippen LogP contribution in [0.2, 0.25) is 10.0 Å². The van der Waals surface area contributed by atoms with Crippen LogP contribution in [0.25, 0.3) is 0 Å². The molecule has 4 rings (SSSR count). The third-order valence-electron chi connectivity index (χ3n) is 5.89. The van der Waals surface area contributed by atoms with Crippen molar-refractivity contribution in [3.05, 3.63) is 62.8 Å². The van der Waals surface area contributed by atoms with E-state index in [1.165, 1.54) is 0 Å². The summed E-state index contributed by atoms with van der Waals surface area (Å²) in [6.45, 7) is 0.624. The molecular formula is C23H25Cl2N3O3. The number of fused-ring (bicyclic) bond motifs is 1. The Morgan fingerprint density at radius 3 is 2.26 bits per heavy atom. The molecule has 3 aromatic rings. The second kappa shape index (κ2) is 8.89. The van der Waals surface area contributed by atoms with Crippen LogP contribution in [0.1, 0.15) is 34.7 Å². The number of rotatable bonds is 6. The van der Waals surface area contributed by atoms with Gasteiger partial charge in [-0.15, -0.1) is 0 Å². The lowest BCUT2D eigenvalue weighted by molar-refractivity contribution is 0.392. The van der Waals surface area contributed by atoms with E-state index in [1.807, 2.05) is 28.9 Å². The van der Waals surface area contributed by atoms with Gasteiger partial charge in [-0.3, -0.25) is 4.68 Å². The van der Waals surface area contributed by atoms with Crippen LogP contribution in [-0.2, 0) is 19.4 Å². The van der Waals surface area contributed by atoms with Gasteiger partial charge in [-0.1, -0.05) is 35.3 Å². The molecule has 1 heterocycles. The second-order valence-electron chi connectivity index (χ2n) is 7.58. The average Bonchev–Trinajstić information content (AvgIpc) is 3.09. The van der Waals surface area contributed by atoms with E-state index in [9.17, 15) is 0 Å². The normalized spacial score (nSPS) is 15.5. The van der Waals surface area contributed by atoms with Crippen LogP contribution in [0.3, 0.4) is 0 Å². The smallest absolute Gasteiger partial charge is 0.148 e. The number of hydrogen-bond acceptors (Lipinski definition) is 5. The SMILES string of the molecule is COc1ccc(Cn2nc(N)c3c2CC(c2c(Cl)c(OC)cc(OC)c2Cl)CC3)cc1. The van der Waals surface area contributed by atoms with Crippen LogP contribution in [0.5, 0.6) is 17.2 Å². The quantitative estimate of drug-likeness (QED) is 0.551. The van der Waals surface area contributed by atoms with Gasteiger partial charge in [-0.05, 0) is 42.9 Å². The molecule has 0 amide bonds. The lowest BCUT2D eigenvalue weighted by Crippen LogP contribution is -2.17. The predicted octanol–water partition coefficient (Wildman–Crippen LogP) is 5.12. The predicted molar refractivity (Wildman–Crippen MR) is 123 cm³/mol. The van der Waals surface area contributed by atoms with Crippen LogP contribution >= 0.6 is 23.2 Å². The van der Waals surface area contributed by atoms with Crippen molar-refractivity contribution in [1.82, 2.24) is 9.78 Å². The average molecular weight is 462 g/mol. The maximum absolute atomic E-state index is 6.68. The number of ether oxygens (including phenoxy) is 3. The molecule has 2 N–H and O–H groups in total. The summed E-state index contributed by atoms with van der Waals surface area (Å²) in [6.07, 6.45) is 2.40. The molecule has 0 radical (unpaired) electrons. The zero-order valence-corrected chi connectivity index (χ0v) is 19.3. The molecule has 31 heavy (non-hydrogen) atoms. The van der Waals surface area contributed by atoms with Gasteiger partial charge in [0.15, 0.2) is 0 Å². The molecule has 1 aliphatic rings. The molecule has 0 spiro atoms. The Labute approximate surface area is 191 Å². The van der Waals surface area contributed by atoms with E-state index in [0.29, 0.717) is 33.9 Å². The van der Waals surface area contributed by atoms with Crippen LogP contribution in [0, 0.1) is 0 Å². The van der Waals surface area contributed by atoms with E-state index in [-0.39, 0.29) is 5.92 Å². The summed E-state index contributed by atoms with van der Waals surface area (Å²) in [4.78, 5) is 0. The first-order valence-corrected chi connectivity index (χ1v) is 10.8. The van der Waals surface area contributed by atoms with Gasteiger partial charge in [0.2, 0.25) is 0 Å². The Hall–Kier alpha value is -2.57. The van der Waals surface area contributed by atoms with Gasteiger partial charge in [0, 0.05) is 22.9 Å². The van der Waals surface area contributed by atoms with Crippen molar-refractivity contribution >= 4 is 29.0 Å². The van der Waals surface area contributed by atoms with Crippen LogP contribution in [0.4, 0.5) is 5.82 Å². The van der Waals surface area contributed by atoms with E-state index < -0.39 is 0 Å². The summed E-state index contributed by atoms with van der Waals surface area (Å²) in [7, 11) is 4.83. The first kappa shape index (κ1) is 21.7. The Bertz CT molecular complexity index is 1070. The van der Waals surface area contributed by atoms with Gasteiger partial charge in [0.1, 0.15) is 23.1 Å². The number of aromatic nitrogens is 2. The molecule has 0 aliphatic heterocycles. The van der Waals surface area contributed by atoms with Crippen LogP contribution in [0.15, 0.2) is 30.3 Å². The molecule has 1 atom stereocenters. The second-order valence-corrected chi connectivity index (χ2v) is 8.33. The summed E-state index contributed by atoms with van der Waals surface area (Å²) in [6, 6.07) is 9.67. The number of halogens is 2.